The summed E-state index contributed by atoms with van der Waals surface area (Å²) >= 11 is 0. The SMILES string of the molecule is CC(C)[C@@H]1N=C2C[C@H](c3ccccc3)[C@@H](C)C3C[C@@]2(O1)N(C)C3=O. The molecule has 0 radical (unpaired) electrons. The summed E-state index contributed by atoms with van der Waals surface area (Å²) in [6.07, 6.45) is 1.48. The average molecular weight is 326 g/mol. The van der Waals surface area contributed by atoms with Crippen LogP contribution in [0.4, 0.5) is 0 Å². The quantitative estimate of drug-likeness (QED) is 0.835. The molecule has 1 aromatic rings. The van der Waals surface area contributed by atoms with E-state index in [-0.39, 0.29) is 24.0 Å². The van der Waals surface area contributed by atoms with Gasteiger partial charge in [-0.2, -0.15) is 0 Å². The minimum absolute atomic E-state index is 0.0128. The smallest absolute Gasteiger partial charge is 0.228 e. The Morgan fingerprint density at radius 3 is 2.62 bits per heavy atom. The summed E-state index contributed by atoms with van der Waals surface area (Å²) in [5.41, 5.74) is 1.77. The van der Waals surface area contributed by atoms with Crippen molar-refractivity contribution in [3.05, 3.63) is 35.9 Å². The van der Waals surface area contributed by atoms with Gasteiger partial charge in [-0.15, -0.1) is 0 Å². The van der Waals surface area contributed by atoms with Crippen molar-refractivity contribution in [1.82, 2.24) is 4.90 Å². The van der Waals surface area contributed by atoms with E-state index in [2.05, 4.69) is 45.0 Å². The zero-order valence-corrected chi connectivity index (χ0v) is 14.9. The summed E-state index contributed by atoms with van der Waals surface area (Å²) in [7, 11) is 1.89. The van der Waals surface area contributed by atoms with Gasteiger partial charge in [-0.1, -0.05) is 51.1 Å². The maximum absolute atomic E-state index is 12.9. The standard InChI is InChI=1S/C20H26N2O2/c1-12(2)18-21-17-10-15(14-8-6-5-7-9-14)13(3)16-11-20(17,24-18)22(4)19(16)23/h5-9,12-13,15-16,18H,10-11H2,1-4H3/t13-,15+,16?,18-,20+/m1/s1. The highest BCUT2D eigenvalue weighted by atomic mass is 16.6. The molecule has 1 aliphatic carbocycles. The van der Waals surface area contributed by atoms with E-state index in [1.165, 1.54) is 5.56 Å². The van der Waals surface area contributed by atoms with Crippen molar-refractivity contribution in [2.24, 2.45) is 22.7 Å². The van der Waals surface area contributed by atoms with Gasteiger partial charge in [0.2, 0.25) is 5.91 Å². The number of ether oxygens (including phenoxy) is 1. The molecule has 3 aliphatic rings. The van der Waals surface area contributed by atoms with E-state index in [1.807, 2.05) is 18.0 Å². The molecule has 4 heteroatoms. The lowest BCUT2D eigenvalue weighted by Gasteiger charge is -2.35. The number of rotatable bonds is 2. The molecular formula is C20H26N2O2. The highest BCUT2D eigenvalue weighted by molar-refractivity contribution is 6.01. The number of hydrogen-bond acceptors (Lipinski definition) is 3. The third kappa shape index (κ3) is 2.08. The number of nitrogens with zero attached hydrogens (tertiary/aromatic N) is 2. The first kappa shape index (κ1) is 15.8. The van der Waals surface area contributed by atoms with E-state index in [4.69, 9.17) is 9.73 Å². The molecule has 5 atom stereocenters. The predicted octanol–water partition coefficient (Wildman–Crippen LogP) is 3.44. The molecule has 128 valence electrons. The fourth-order valence-electron chi connectivity index (χ4n) is 4.64. The van der Waals surface area contributed by atoms with E-state index in [0.717, 1.165) is 18.6 Å². The number of aliphatic imine (C=N–C) groups is 1. The van der Waals surface area contributed by atoms with Crippen LogP contribution < -0.4 is 0 Å². The molecule has 4 nitrogen and oxygen atoms in total. The van der Waals surface area contributed by atoms with Gasteiger partial charge < -0.3 is 9.64 Å². The first-order chi connectivity index (χ1) is 11.4. The molecule has 2 bridgehead atoms. The van der Waals surface area contributed by atoms with Crippen molar-refractivity contribution < 1.29 is 9.53 Å². The molecule has 1 spiro atoms. The molecule has 0 aromatic heterocycles. The van der Waals surface area contributed by atoms with Crippen molar-refractivity contribution in [3.63, 3.8) is 0 Å². The summed E-state index contributed by atoms with van der Waals surface area (Å²) in [5, 5.41) is 0. The zero-order valence-electron chi connectivity index (χ0n) is 14.9. The van der Waals surface area contributed by atoms with Gasteiger partial charge in [-0.25, -0.2) is 0 Å². The van der Waals surface area contributed by atoms with Gasteiger partial charge in [0.25, 0.3) is 0 Å². The summed E-state index contributed by atoms with van der Waals surface area (Å²) in [6, 6.07) is 10.6. The Hall–Kier alpha value is -1.68. The van der Waals surface area contributed by atoms with Gasteiger partial charge in [0.1, 0.15) is 0 Å². The van der Waals surface area contributed by atoms with E-state index in [9.17, 15) is 4.79 Å². The Morgan fingerprint density at radius 2 is 1.96 bits per heavy atom. The van der Waals surface area contributed by atoms with Crippen LogP contribution in [0.1, 0.15) is 45.1 Å². The van der Waals surface area contributed by atoms with E-state index < -0.39 is 5.72 Å². The maximum atomic E-state index is 12.9. The van der Waals surface area contributed by atoms with Crippen LogP contribution in [0.15, 0.2) is 35.3 Å². The Balaban J connectivity index is 1.79. The minimum Gasteiger partial charge on any atom is -0.325 e. The van der Waals surface area contributed by atoms with Crippen LogP contribution in [0.5, 0.6) is 0 Å². The van der Waals surface area contributed by atoms with Crippen LogP contribution in [-0.4, -0.2) is 35.5 Å². The molecule has 1 saturated heterocycles. The van der Waals surface area contributed by atoms with Crippen molar-refractivity contribution in [2.45, 2.75) is 51.5 Å². The molecule has 1 unspecified atom stereocenters. The van der Waals surface area contributed by atoms with Crippen molar-refractivity contribution >= 4 is 11.6 Å². The van der Waals surface area contributed by atoms with Crippen molar-refractivity contribution in [3.8, 4) is 0 Å². The minimum atomic E-state index is -0.603. The summed E-state index contributed by atoms with van der Waals surface area (Å²) in [5.74, 6) is 1.15. The highest BCUT2D eigenvalue weighted by Crippen LogP contribution is 2.52. The third-order valence-corrected chi connectivity index (χ3v) is 6.22. The third-order valence-electron chi connectivity index (χ3n) is 6.22. The highest BCUT2D eigenvalue weighted by Gasteiger charge is 2.61. The molecule has 1 amide bonds. The predicted molar refractivity (Wildman–Crippen MR) is 93.7 cm³/mol. The molecule has 2 heterocycles. The Bertz CT molecular complexity index is 684. The molecule has 1 aromatic carbocycles. The van der Waals surface area contributed by atoms with Crippen LogP contribution in [0, 0.1) is 17.8 Å². The van der Waals surface area contributed by atoms with E-state index in [0.29, 0.717) is 11.8 Å². The lowest BCUT2D eigenvalue weighted by molar-refractivity contribution is -0.147. The molecule has 2 fully saturated rings. The fraction of sp³-hybridized carbons (Fsp3) is 0.600. The summed E-state index contributed by atoms with van der Waals surface area (Å²) in [4.78, 5) is 19.7. The number of carbonyl (C=O) groups excluding carboxylic acids is 1. The topological polar surface area (TPSA) is 41.9 Å². The number of fused-ring (bicyclic) bond motifs is 1. The van der Waals surface area contributed by atoms with Gasteiger partial charge in [0.15, 0.2) is 12.0 Å². The number of hydrogen-bond donors (Lipinski definition) is 0. The number of amides is 1. The normalized spacial score (nSPS) is 38.3. The fourth-order valence-corrected chi connectivity index (χ4v) is 4.64. The van der Waals surface area contributed by atoms with Crippen LogP contribution in [-0.2, 0) is 9.53 Å². The lowest BCUT2D eigenvalue weighted by atomic mass is 9.78. The Labute approximate surface area is 143 Å². The second-order valence-corrected chi connectivity index (χ2v) is 7.90. The average Bonchev–Trinajstić information content (AvgIpc) is 3.03. The number of likely N-dealkylation sites (tertiary alicyclic amines) is 1. The second kappa shape index (κ2) is 5.41. The van der Waals surface area contributed by atoms with Crippen molar-refractivity contribution in [1.29, 1.82) is 0 Å². The Kier molecular flexibility index (Phi) is 3.57. The second-order valence-electron chi connectivity index (χ2n) is 7.90. The first-order valence-electron chi connectivity index (χ1n) is 9.01. The van der Waals surface area contributed by atoms with Crippen LogP contribution >= 0.6 is 0 Å². The first-order valence-corrected chi connectivity index (χ1v) is 9.01. The van der Waals surface area contributed by atoms with Gasteiger partial charge in [-0.05, 0) is 23.8 Å². The van der Waals surface area contributed by atoms with Gasteiger partial charge >= 0.3 is 0 Å². The van der Waals surface area contributed by atoms with Gasteiger partial charge in [0, 0.05) is 25.3 Å². The summed E-state index contributed by atoms with van der Waals surface area (Å²) < 4.78 is 6.40. The number of benzene rings is 1. The van der Waals surface area contributed by atoms with E-state index in [1.54, 1.807) is 0 Å². The molecular weight excluding hydrogens is 300 g/mol. The van der Waals surface area contributed by atoms with Gasteiger partial charge in [0.05, 0.1) is 5.71 Å². The lowest BCUT2D eigenvalue weighted by Crippen LogP contribution is -2.51. The monoisotopic (exact) mass is 326 g/mol. The molecule has 24 heavy (non-hydrogen) atoms. The van der Waals surface area contributed by atoms with Crippen LogP contribution in [0.3, 0.4) is 0 Å². The Morgan fingerprint density at radius 1 is 1.25 bits per heavy atom. The summed E-state index contributed by atoms with van der Waals surface area (Å²) in [6.45, 7) is 6.47. The number of carbonyl (C=O) groups is 1. The molecule has 1 saturated carbocycles. The van der Waals surface area contributed by atoms with Gasteiger partial charge in [-0.3, -0.25) is 9.79 Å². The molecule has 4 rings (SSSR count). The van der Waals surface area contributed by atoms with Crippen molar-refractivity contribution in [2.75, 3.05) is 7.05 Å². The maximum Gasteiger partial charge on any atom is 0.228 e. The largest absolute Gasteiger partial charge is 0.325 e. The zero-order chi connectivity index (χ0) is 17.1. The van der Waals surface area contributed by atoms with Crippen LogP contribution in [0.2, 0.25) is 0 Å². The molecule has 2 aliphatic heterocycles. The van der Waals surface area contributed by atoms with Crippen LogP contribution in [0.25, 0.3) is 0 Å². The molecule has 0 N–H and O–H groups in total. The van der Waals surface area contributed by atoms with E-state index >= 15 is 0 Å².